The number of amides is 1. The zero-order valence-electron chi connectivity index (χ0n) is 11.2. The molecule has 6 nitrogen and oxygen atoms in total. The van der Waals surface area contributed by atoms with Crippen LogP contribution < -0.4 is 10.6 Å². The lowest BCUT2D eigenvalue weighted by atomic mass is 10.2. The highest BCUT2D eigenvalue weighted by atomic mass is 32.2. The van der Waals surface area contributed by atoms with Crippen LogP contribution in [0.15, 0.2) is 23.1 Å². The number of carbonyl (C=O) groups excluding carboxylic acids is 1. The second kappa shape index (κ2) is 4.83. The lowest BCUT2D eigenvalue weighted by Crippen LogP contribution is -2.52. The van der Waals surface area contributed by atoms with Gasteiger partial charge in [-0.05, 0) is 30.7 Å². The Kier molecular flexibility index (Phi) is 3.27. The molecule has 1 aromatic carbocycles. The topological polar surface area (TPSA) is 78.5 Å². The summed E-state index contributed by atoms with van der Waals surface area (Å²) in [5.74, 6) is -0.0925. The van der Waals surface area contributed by atoms with E-state index in [1.54, 1.807) is 18.2 Å². The van der Waals surface area contributed by atoms with E-state index in [9.17, 15) is 13.2 Å². The molecule has 0 radical (unpaired) electrons. The number of rotatable bonds is 2. The third-order valence-corrected chi connectivity index (χ3v) is 5.76. The van der Waals surface area contributed by atoms with Crippen LogP contribution in [0.2, 0.25) is 0 Å². The van der Waals surface area contributed by atoms with Crippen LogP contribution in [-0.2, 0) is 21.2 Å². The molecular weight excluding hydrogens is 278 g/mol. The Balaban J connectivity index is 1.96. The van der Waals surface area contributed by atoms with Crippen molar-refractivity contribution in [2.24, 2.45) is 0 Å². The summed E-state index contributed by atoms with van der Waals surface area (Å²) < 4.78 is 26.9. The molecule has 1 unspecified atom stereocenters. The number of carbonyl (C=O) groups is 1. The lowest BCUT2D eigenvalue weighted by Gasteiger charge is -2.32. The molecule has 7 heteroatoms. The van der Waals surface area contributed by atoms with E-state index in [0.717, 1.165) is 5.56 Å². The van der Waals surface area contributed by atoms with E-state index in [4.69, 9.17) is 0 Å². The predicted octanol–water partition coefficient (Wildman–Crippen LogP) is 0.164. The molecule has 2 heterocycles. The van der Waals surface area contributed by atoms with Gasteiger partial charge in [-0.3, -0.25) is 4.79 Å². The van der Waals surface area contributed by atoms with Gasteiger partial charge < -0.3 is 10.6 Å². The fourth-order valence-corrected chi connectivity index (χ4v) is 4.36. The van der Waals surface area contributed by atoms with Crippen LogP contribution >= 0.6 is 0 Å². The molecule has 1 amide bonds. The number of anilines is 1. The minimum atomic E-state index is -3.50. The van der Waals surface area contributed by atoms with Crippen molar-refractivity contribution in [3.05, 3.63) is 23.8 Å². The third-order valence-electron chi connectivity index (χ3n) is 3.75. The zero-order chi connectivity index (χ0) is 14.3. The van der Waals surface area contributed by atoms with Crippen LogP contribution in [0.1, 0.15) is 12.5 Å². The van der Waals surface area contributed by atoms with Gasteiger partial charge in [0, 0.05) is 31.4 Å². The molecule has 2 aliphatic rings. The SMILES string of the molecule is CC1CNCCN1S(=O)(=O)c1ccc2c(c1)CC(=O)N2. The summed E-state index contributed by atoms with van der Waals surface area (Å²) in [5, 5.41) is 5.88. The first-order chi connectivity index (χ1) is 9.48. The van der Waals surface area contributed by atoms with Gasteiger partial charge in [0.25, 0.3) is 0 Å². The number of benzene rings is 1. The van der Waals surface area contributed by atoms with Crippen molar-refractivity contribution in [2.45, 2.75) is 24.3 Å². The Labute approximate surface area is 118 Å². The first-order valence-electron chi connectivity index (χ1n) is 6.64. The van der Waals surface area contributed by atoms with Gasteiger partial charge in [0.05, 0.1) is 11.3 Å². The molecule has 2 N–H and O–H groups in total. The molecule has 20 heavy (non-hydrogen) atoms. The normalized spacial score (nSPS) is 23.4. The van der Waals surface area contributed by atoms with Crippen molar-refractivity contribution in [2.75, 3.05) is 25.0 Å². The Morgan fingerprint density at radius 1 is 1.35 bits per heavy atom. The summed E-state index contributed by atoms with van der Waals surface area (Å²) in [7, 11) is -3.50. The van der Waals surface area contributed by atoms with Gasteiger partial charge in [-0.1, -0.05) is 0 Å². The van der Waals surface area contributed by atoms with Gasteiger partial charge in [-0.2, -0.15) is 4.31 Å². The van der Waals surface area contributed by atoms with E-state index in [1.165, 1.54) is 4.31 Å². The van der Waals surface area contributed by atoms with Crippen LogP contribution in [0.3, 0.4) is 0 Å². The van der Waals surface area contributed by atoms with Crippen molar-refractivity contribution >= 4 is 21.6 Å². The number of nitrogens with zero attached hydrogens (tertiary/aromatic N) is 1. The average molecular weight is 295 g/mol. The molecule has 0 saturated carbocycles. The fraction of sp³-hybridized carbons (Fsp3) is 0.462. The summed E-state index contributed by atoms with van der Waals surface area (Å²) in [4.78, 5) is 11.6. The highest BCUT2D eigenvalue weighted by Gasteiger charge is 2.32. The van der Waals surface area contributed by atoms with Crippen LogP contribution in [-0.4, -0.2) is 44.3 Å². The highest BCUT2D eigenvalue weighted by molar-refractivity contribution is 7.89. The molecule has 1 aromatic rings. The largest absolute Gasteiger partial charge is 0.326 e. The zero-order valence-corrected chi connectivity index (χ0v) is 12.0. The maximum absolute atomic E-state index is 12.7. The first-order valence-corrected chi connectivity index (χ1v) is 8.08. The van der Waals surface area contributed by atoms with Crippen molar-refractivity contribution in [3.8, 4) is 0 Å². The van der Waals surface area contributed by atoms with Crippen molar-refractivity contribution < 1.29 is 13.2 Å². The summed E-state index contributed by atoms with van der Waals surface area (Å²) in [5.41, 5.74) is 1.46. The van der Waals surface area contributed by atoms with Gasteiger partial charge >= 0.3 is 0 Å². The maximum atomic E-state index is 12.7. The fourth-order valence-electron chi connectivity index (χ4n) is 2.68. The summed E-state index contributed by atoms with van der Waals surface area (Å²) in [6.45, 7) is 3.68. The van der Waals surface area contributed by atoms with Gasteiger partial charge in [0.15, 0.2) is 0 Å². The monoisotopic (exact) mass is 295 g/mol. The van der Waals surface area contributed by atoms with E-state index in [2.05, 4.69) is 10.6 Å². The number of hydrogen-bond donors (Lipinski definition) is 2. The second-order valence-electron chi connectivity index (χ2n) is 5.21. The molecule has 1 atom stereocenters. The Bertz CT molecular complexity index is 657. The van der Waals surface area contributed by atoms with Crippen LogP contribution in [0.25, 0.3) is 0 Å². The first kappa shape index (κ1) is 13.5. The highest BCUT2D eigenvalue weighted by Crippen LogP contribution is 2.28. The minimum absolute atomic E-state index is 0.0678. The van der Waals surface area contributed by atoms with E-state index < -0.39 is 10.0 Å². The lowest BCUT2D eigenvalue weighted by molar-refractivity contribution is -0.115. The van der Waals surface area contributed by atoms with Gasteiger partial charge in [0.1, 0.15) is 0 Å². The number of sulfonamides is 1. The Morgan fingerprint density at radius 3 is 2.90 bits per heavy atom. The van der Waals surface area contributed by atoms with Crippen LogP contribution in [0.5, 0.6) is 0 Å². The molecule has 3 rings (SSSR count). The molecule has 0 aromatic heterocycles. The van der Waals surface area contributed by atoms with Crippen LogP contribution in [0.4, 0.5) is 5.69 Å². The predicted molar refractivity (Wildman–Crippen MR) is 75.0 cm³/mol. The summed E-state index contributed by atoms with van der Waals surface area (Å²) in [6.07, 6.45) is 0.246. The van der Waals surface area contributed by atoms with Gasteiger partial charge in [-0.15, -0.1) is 0 Å². The molecule has 108 valence electrons. The molecule has 1 fully saturated rings. The van der Waals surface area contributed by atoms with Crippen molar-refractivity contribution in [3.63, 3.8) is 0 Å². The minimum Gasteiger partial charge on any atom is -0.326 e. The number of nitrogens with one attached hydrogen (secondary N) is 2. The molecule has 0 spiro atoms. The van der Waals surface area contributed by atoms with Crippen molar-refractivity contribution in [1.29, 1.82) is 0 Å². The molecule has 1 saturated heterocycles. The standard InChI is InChI=1S/C13H17N3O3S/c1-9-8-14-4-5-16(9)20(18,19)11-2-3-12-10(6-11)7-13(17)15-12/h2-3,6,9,14H,4-5,7-8H2,1H3,(H,15,17). The molecule has 0 aliphatic carbocycles. The van der Waals surface area contributed by atoms with Gasteiger partial charge in [0.2, 0.25) is 15.9 Å². The molecule has 0 bridgehead atoms. The number of fused-ring (bicyclic) bond motifs is 1. The molecular formula is C13H17N3O3S. The van der Waals surface area contributed by atoms with Gasteiger partial charge in [-0.25, -0.2) is 8.42 Å². The van der Waals surface area contributed by atoms with E-state index in [1.807, 2.05) is 6.92 Å². The maximum Gasteiger partial charge on any atom is 0.243 e. The smallest absolute Gasteiger partial charge is 0.243 e. The average Bonchev–Trinajstić information content (AvgIpc) is 2.78. The van der Waals surface area contributed by atoms with Crippen LogP contribution in [0, 0.1) is 0 Å². The third kappa shape index (κ3) is 2.21. The molecule has 2 aliphatic heterocycles. The second-order valence-corrected chi connectivity index (χ2v) is 7.10. The number of piperazine rings is 1. The Morgan fingerprint density at radius 2 is 2.15 bits per heavy atom. The summed E-state index contributed by atoms with van der Waals surface area (Å²) >= 11 is 0. The van der Waals surface area contributed by atoms with E-state index >= 15 is 0 Å². The Hall–Kier alpha value is -1.44. The van der Waals surface area contributed by atoms with E-state index in [0.29, 0.717) is 25.3 Å². The van der Waals surface area contributed by atoms with E-state index in [-0.39, 0.29) is 23.3 Å². The quantitative estimate of drug-likeness (QED) is 0.815. The number of hydrogen-bond acceptors (Lipinski definition) is 4. The van der Waals surface area contributed by atoms with Crippen molar-refractivity contribution in [1.82, 2.24) is 9.62 Å². The summed E-state index contributed by atoms with van der Waals surface area (Å²) in [6, 6.07) is 4.77.